The Labute approximate surface area is 198 Å². The van der Waals surface area contributed by atoms with Crippen molar-refractivity contribution in [1.29, 1.82) is 5.26 Å². The van der Waals surface area contributed by atoms with Gasteiger partial charge in [0.05, 0.1) is 25.3 Å². The Balaban J connectivity index is 1.74. The van der Waals surface area contributed by atoms with Gasteiger partial charge in [0.25, 0.3) is 10.0 Å². The Morgan fingerprint density at radius 3 is 2.53 bits per heavy atom. The average Bonchev–Trinajstić information content (AvgIpc) is 2.86. The molecule has 3 aromatic rings. The van der Waals surface area contributed by atoms with Gasteiger partial charge in [0.15, 0.2) is 5.76 Å². The molecule has 2 aliphatic rings. The van der Waals surface area contributed by atoms with Crippen LogP contribution in [0, 0.1) is 11.3 Å². The lowest BCUT2D eigenvalue weighted by Gasteiger charge is -2.38. The van der Waals surface area contributed by atoms with Gasteiger partial charge in [-0.05, 0) is 35.4 Å². The third kappa shape index (κ3) is 3.38. The lowest BCUT2D eigenvalue weighted by molar-refractivity contribution is 0.357. The number of para-hydroxylation sites is 1. The van der Waals surface area contributed by atoms with E-state index >= 15 is 0 Å². The van der Waals surface area contributed by atoms with Crippen molar-refractivity contribution in [3.63, 3.8) is 0 Å². The molecule has 0 bridgehead atoms. The minimum Gasteiger partial charge on any atom is -0.497 e. The molecule has 0 unspecified atom stereocenters. The number of ether oxygens (including phenoxy) is 2. The SMILES string of the molecule is COc1cccc(CN2c3ccccc3C3=C([C@H](c4ccccc4)C(C#N)=C(N)O3)S2(=O)=O)c1. The van der Waals surface area contributed by atoms with Crippen LogP contribution in [-0.2, 0) is 21.3 Å². The van der Waals surface area contributed by atoms with E-state index in [0.29, 0.717) is 22.6 Å². The first-order chi connectivity index (χ1) is 16.5. The van der Waals surface area contributed by atoms with Crippen LogP contribution >= 0.6 is 0 Å². The molecule has 170 valence electrons. The number of sulfonamides is 1. The predicted octanol–water partition coefficient (Wildman–Crippen LogP) is 4.22. The third-order valence-corrected chi connectivity index (χ3v) is 7.83. The standard InChI is InChI=1S/C26H21N3O4S/c1-32-19-11-7-8-17(14-19)16-29-22-13-6-5-12-20(22)24-25(34(29,30)31)23(18-9-3-2-4-10-18)21(15-27)26(28)33-24/h2-14,23H,16,28H2,1H3/t23-/m1/s1. The maximum absolute atomic E-state index is 14.2. The summed E-state index contributed by atoms with van der Waals surface area (Å²) in [6, 6.07) is 25.4. The maximum atomic E-state index is 14.2. The second-order valence-corrected chi connectivity index (χ2v) is 9.74. The molecule has 2 N–H and O–H groups in total. The van der Waals surface area contributed by atoms with Crippen LogP contribution in [-0.4, -0.2) is 15.5 Å². The smallest absolute Gasteiger partial charge is 0.265 e. The number of rotatable bonds is 4. The summed E-state index contributed by atoms with van der Waals surface area (Å²) in [5.41, 5.74) is 8.67. The van der Waals surface area contributed by atoms with Crippen LogP contribution in [0.1, 0.15) is 22.6 Å². The molecular weight excluding hydrogens is 450 g/mol. The molecule has 0 aromatic heterocycles. The van der Waals surface area contributed by atoms with E-state index in [4.69, 9.17) is 15.2 Å². The molecule has 0 spiro atoms. The summed E-state index contributed by atoms with van der Waals surface area (Å²) in [6.07, 6.45) is 0. The van der Waals surface area contributed by atoms with Crippen LogP contribution in [0.3, 0.4) is 0 Å². The molecule has 7 nitrogen and oxygen atoms in total. The molecular formula is C26H21N3O4S. The molecule has 8 heteroatoms. The number of nitrogens with zero attached hydrogens (tertiary/aromatic N) is 2. The van der Waals surface area contributed by atoms with Crippen molar-refractivity contribution in [2.45, 2.75) is 12.5 Å². The van der Waals surface area contributed by atoms with E-state index in [0.717, 1.165) is 5.56 Å². The minimum absolute atomic E-state index is 0.00560. The highest BCUT2D eigenvalue weighted by Gasteiger charge is 2.47. The molecule has 3 aromatic carbocycles. The number of anilines is 1. The van der Waals surface area contributed by atoms with E-state index in [1.54, 1.807) is 61.7 Å². The van der Waals surface area contributed by atoms with Gasteiger partial charge >= 0.3 is 0 Å². The van der Waals surface area contributed by atoms with Gasteiger partial charge in [-0.2, -0.15) is 5.26 Å². The van der Waals surface area contributed by atoms with Crippen LogP contribution in [0.4, 0.5) is 5.69 Å². The van der Waals surface area contributed by atoms with E-state index in [-0.39, 0.29) is 28.7 Å². The number of hydrogen-bond donors (Lipinski definition) is 1. The Hall–Kier alpha value is -4.22. The van der Waals surface area contributed by atoms with Crippen LogP contribution < -0.4 is 14.8 Å². The number of nitrogens with two attached hydrogens (primary N) is 1. The molecule has 0 fully saturated rings. The van der Waals surface area contributed by atoms with Crippen molar-refractivity contribution in [2.75, 3.05) is 11.4 Å². The quantitative estimate of drug-likeness (QED) is 0.611. The van der Waals surface area contributed by atoms with Crippen LogP contribution in [0.15, 0.2) is 95.2 Å². The van der Waals surface area contributed by atoms with Gasteiger partial charge in [-0.3, -0.25) is 4.31 Å². The first kappa shape index (κ1) is 21.6. The molecule has 0 saturated heterocycles. The summed E-state index contributed by atoms with van der Waals surface area (Å²) < 4.78 is 40.9. The fraction of sp³-hybridized carbons (Fsp3) is 0.115. The van der Waals surface area contributed by atoms with E-state index in [9.17, 15) is 13.7 Å². The Morgan fingerprint density at radius 2 is 1.79 bits per heavy atom. The Kier molecular flexibility index (Phi) is 5.27. The minimum atomic E-state index is -4.11. The summed E-state index contributed by atoms with van der Waals surface area (Å²) >= 11 is 0. The first-order valence-corrected chi connectivity index (χ1v) is 12.0. The van der Waals surface area contributed by atoms with Crippen molar-refractivity contribution in [3.8, 4) is 11.8 Å². The third-order valence-electron chi connectivity index (χ3n) is 5.95. The van der Waals surface area contributed by atoms with E-state index < -0.39 is 15.9 Å². The zero-order valence-electron chi connectivity index (χ0n) is 18.3. The highest BCUT2D eigenvalue weighted by Crippen LogP contribution is 2.51. The molecule has 0 amide bonds. The molecule has 0 saturated carbocycles. The normalized spacial score (nSPS) is 18.5. The Bertz CT molecular complexity index is 1490. The fourth-order valence-electron chi connectivity index (χ4n) is 4.39. The van der Waals surface area contributed by atoms with Gasteiger partial charge in [-0.1, -0.05) is 54.6 Å². The van der Waals surface area contributed by atoms with Crippen molar-refractivity contribution in [2.24, 2.45) is 5.73 Å². The fourth-order valence-corrected chi connectivity index (χ4v) is 6.31. The number of benzene rings is 3. The molecule has 34 heavy (non-hydrogen) atoms. The Morgan fingerprint density at radius 1 is 1.06 bits per heavy atom. The van der Waals surface area contributed by atoms with Gasteiger partial charge in [0.1, 0.15) is 22.3 Å². The van der Waals surface area contributed by atoms with Crippen molar-refractivity contribution in [1.82, 2.24) is 0 Å². The first-order valence-electron chi connectivity index (χ1n) is 10.6. The summed E-state index contributed by atoms with van der Waals surface area (Å²) in [5.74, 6) is -0.198. The number of allylic oxidation sites excluding steroid dienone is 2. The highest BCUT2D eigenvalue weighted by molar-refractivity contribution is 7.96. The van der Waals surface area contributed by atoms with E-state index in [2.05, 4.69) is 6.07 Å². The predicted molar refractivity (Wildman–Crippen MR) is 129 cm³/mol. The second-order valence-electron chi connectivity index (χ2n) is 7.91. The van der Waals surface area contributed by atoms with Crippen LogP contribution in [0.5, 0.6) is 5.75 Å². The second kappa shape index (κ2) is 8.28. The number of nitriles is 1. The number of hydrogen-bond acceptors (Lipinski definition) is 6. The van der Waals surface area contributed by atoms with E-state index in [1.165, 1.54) is 4.31 Å². The molecule has 0 radical (unpaired) electrons. The van der Waals surface area contributed by atoms with Crippen LogP contribution in [0.2, 0.25) is 0 Å². The maximum Gasteiger partial charge on any atom is 0.265 e. The van der Waals surface area contributed by atoms with Crippen LogP contribution in [0.25, 0.3) is 5.76 Å². The summed E-state index contributed by atoms with van der Waals surface area (Å²) in [4.78, 5) is 0.00560. The molecule has 0 aliphatic carbocycles. The number of fused-ring (bicyclic) bond motifs is 2. The largest absolute Gasteiger partial charge is 0.497 e. The van der Waals surface area contributed by atoms with Gasteiger partial charge in [-0.25, -0.2) is 8.42 Å². The summed E-state index contributed by atoms with van der Waals surface area (Å²) in [7, 11) is -2.55. The zero-order valence-corrected chi connectivity index (χ0v) is 19.1. The average molecular weight is 472 g/mol. The van der Waals surface area contributed by atoms with Crippen molar-refractivity contribution >= 4 is 21.5 Å². The topological polar surface area (TPSA) is 106 Å². The van der Waals surface area contributed by atoms with Gasteiger partial charge in [0.2, 0.25) is 5.88 Å². The van der Waals surface area contributed by atoms with Gasteiger partial charge in [-0.15, -0.1) is 0 Å². The zero-order chi connectivity index (χ0) is 23.9. The van der Waals surface area contributed by atoms with E-state index in [1.807, 2.05) is 24.3 Å². The highest BCUT2D eigenvalue weighted by atomic mass is 32.2. The van der Waals surface area contributed by atoms with Gasteiger partial charge < -0.3 is 15.2 Å². The lowest BCUT2D eigenvalue weighted by Crippen LogP contribution is -2.39. The monoisotopic (exact) mass is 471 g/mol. The molecule has 5 rings (SSSR count). The number of methoxy groups -OCH3 is 1. The molecule has 1 atom stereocenters. The van der Waals surface area contributed by atoms with Crippen molar-refractivity contribution in [3.05, 3.63) is 112 Å². The summed E-state index contributed by atoms with van der Waals surface area (Å²) in [5, 5.41) is 9.89. The van der Waals surface area contributed by atoms with Crippen molar-refractivity contribution < 1.29 is 17.9 Å². The summed E-state index contributed by atoms with van der Waals surface area (Å²) in [6.45, 7) is 0.0793. The molecule has 2 aliphatic heterocycles. The molecule has 2 heterocycles. The lowest BCUT2D eigenvalue weighted by atomic mass is 9.88. The van der Waals surface area contributed by atoms with Gasteiger partial charge in [0, 0.05) is 5.56 Å².